The standard InChI is InChI=1S/C11H11BrClNS/c1-11(2,7-13)15-10-4-3-8(6-14)5-9(10)12/h3-5H,7H2,1-2H3. The summed E-state index contributed by atoms with van der Waals surface area (Å²) in [6, 6.07) is 7.70. The zero-order valence-electron chi connectivity index (χ0n) is 8.55. The van der Waals surface area contributed by atoms with Gasteiger partial charge in [-0.25, -0.2) is 0 Å². The molecule has 0 aliphatic heterocycles. The van der Waals surface area contributed by atoms with Gasteiger partial charge in [-0.3, -0.25) is 0 Å². The molecule has 0 saturated carbocycles. The lowest BCUT2D eigenvalue weighted by molar-refractivity contribution is 0.811. The van der Waals surface area contributed by atoms with Crippen LogP contribution in [0.3, 0.4) is 0 Å². The molecule has 0 aliphatic carbocycles. The van der Waals surface area contributed by atoms with Crippen LogP contribution in [0.1, 0.15) is 19.4 Å². The van der Waals surface area contributed by atoms with E-state index in [1.54, 1.807) is 11.8 Å². The van der Waals surface area contributed by atoms with Crippen molar-refractivity contribution in [2.75, 3.05) is 5.88 Å². The molecule has 0 N–H and O–H groups in total. The molecule has 0 fully saturated rings. The topological polar surface area (TPSA) is 23.8 Å². The molecule has 0 bridgehead atoms. The number of thioether (sulfide) groups is 1. The molecule has 0 amide bonds. The van der Waals surface area contributed by atoms with Gasteiger partial charge in [0.2, 0.25) is 0 Å². The predicted molar refractivity (Wildman–Crippen MR) is 69.5 cm³/mol. The summed E-state index contributed by atoms with van der Waals surface area (Å²) in [5.74, 6) is 0.587. The van der Waals surface area contributed by atoms with E-state index in [1.807, 2.05) is 18.2 Å². The maximum atomic E-state index is 8.73. The second-order valence-electron chi connectivity index (χ2n) is 3.75. The van der Waals surface area contributed by atoms with Crippen LogP contribution in [-0.2, 0) is 0 Å². The number of rotatable bonds is 3. The second kappa shape index (κ2) is 5.25. The van der Waals surface area contributed by atoms with Crippen LogP contribution >= 0.6 is 39.3 Å². The minimum absolute atomic E-state index is 0.00175. The van der Waals surface area contributed by atoms with Gasteiger partial charge < -0.3 is 0 Å². The monoisotopic (exact) mass is 303 g/mol. The maximum Gasteiger partial charge on any atom is 0.0992 e. The highest BCUT2D eigenvalue weighted by Crippen LogP contribution is 2.37. The number of benzene rings is 1. The van der Waals surface area contributed by atoms with Crippen LogP contribution in [0.2, 0.25) is 0 Å². The first-order valence-electron chi connectivity index (χ1n) is 4.43. The van der Waals surface area contributed by atoms with Crippen LogP contribution in [-0.4, -0.2) is 10.6 Å². The number of nitriles is 1. The fourth-order valence-electron chi connectivity index (χ4n) is 0.978. The van der Waals surface area contributed by atoms with Crippen molar-refractivity contribution < 1.29 is 0 Å². The summed E-state index contributed by atoms with van der Waals surface area (Å²) in [7, 11) is 0. The first-order chi connectivity index (χ1) is 6.98. The molecule has 15 heavy (non-hydrogen) atoms. The molecule has 0 unspecified atom stereocenters. The third kappa shape index (κ3) is 3.71. The zero-order valence-corrected chi connectivity index (χ0v) is 11.7. The van der Waals surface area contributed by atoms with Crippen molar-refractivity contribution in [3.63, 3.8) is 0 Å². The summed E-state index contributed by atoms with van der Waals surface area (Å²) in [6.45, 7) is 4.19. The van der Waals surface area contributed by atoms with Gasteiger partial charge in [-0.15, -0.1) is 23.4 Å². The number of nitrogens with zero attached hydrogens (tertiary/aromatic N) is 1. The molecule has 1 aromatic carbocycles. The number of hydrogen-bond donors (Lipinski definition) is 0. The van der Waals surface area contributed by atoms with Gasteiger partial charge in [-0.1, -0.05) is 0 Å². The van der Waals surface area contributed by atoms with E-state index >= 15 is 0 Å². The summed E-state index contributed by atoms with van der Waals surface area (Å²) in [6.07, 6.45) is 0. The average Bonchev–Trinajstić information content (AvgIpc) is 2.21. The van der Waals surface area contributed by atoms with Gasteiger partial charge in [-0.2, -0.15) is 5.26 Å². The van der Waals surface area contributed by atoms with E-state index in [2.05, 4.69) is 35.8 Å². The predicted octanol–water partition coefficient (Wildman–Crippen LogP) is 4.43. The zero-order chi connectivity index (χ0) is 11.5. The Morgan fingerprint density at radius 1 is 1.53 bits per heavy atom. The smallest absolute Gasteiger partial charge is 0.0992 e. The summed E-state index contributed by atoms with van der Waals surface area (Å²) < 4.78 is 0.947. The Labute approximate surface area is 108 Å². The summed E-state index contributed by atoms with van der Waals surface area (Å²) >= 11 is 11.0. The number of halogens is 2. The van der Waals surface area contributed by atoms with Gasteiger partial charge in [0.05, 0.1) is 11.6 Å². The van der Waals surface area contributed by atoms with E-state index in [4.69, 9.17) is 16.9 Å². The molecule has 0 spiro atoms. The summed E-state index contributed by atoms with van der Waals surface area (Å²) in [5, 5.41) is 8.73. The molecule has 0 saturated heterocycles. The van der Waals surface area contributed by atoms with Crippen molar-refractivity contribution >= 4 is 39.3 Å². The van der Waals surface area contributed by atoms with E-state index in [-0.39, 0.29) is 4.75 Å². The fraction of sp³-hybridized carbons (Fsp3) is 0.364. The molecular weight excluding hydrogens is 294 g/mol. The maximum absolute atomic E-state index is 8.73. The van der Waals surface area contributed by atoms with Crippen LogP contribution in [0.5, 0.6) is 0 Å². The lowest BCUT2D eigenvalue weighted by Gasteiger charge is -2.21. The molecule has 4 heteroatoms. The van der Waals surface area contributed by atoms with E-state index in [1.165, 1.54) is 0 Å². The van der Waals surface area contributed by atoms with Gasteiger partial charge in [0, 0.05) is 20.0 Å². The van der Waals surface area contributed by atoms with Crippen molar-refractivity contribution in [2.24, 2.45) is 0 Å². The quantitative estimate of drug-likeness (QED) is 0.609. The first kappa shape index (κ1) is 12.9. The van der Waals surface area contributed by atoms with Crippen molar-refractivity contribution in [1.82, 2.24) is 0 Å². The fourth-order valence-corrected chi connectivity index (χ4v) is 2.71. The molecule has 0 heterocycles. The largest absolute Gasteiger partial charge is 0.192 e. The van der Waals surface area contributed by atoms with Gasteiger partial charge in [-0.05, 0) is 48.0 Å². The molecule has 1 rings (SSSR count). The van der Waals surface area contributed by atoms with Gasteiger partial charge in [0.1, 0.15) is 0 Å². The molecule has 0 aromatic heterocycles. The molecule has 1 aromatic rings. The van der Waals surface area contributed by atoms with Crippen molar-refractivity contribution in [1.29, 1.82) is 5.26 Å². The van der Waals surface area contributed by atoms with Gasteiger partial charge >= 0.3 is 0 Å². The lowest BCUT2D eigenvalue weighted by Crippen LogP contribution is -2.16. The molecular formula is C11H11BrClNS. The Hall–Kier alpha value is -0.170. The van der Waals surface area contributed by atoms with Crippen LogP contribution in [0.15, 0.2) is 27.6 Å². The molecule has 0 radical (unpaired) electrons. The summed E-state index contributed by atoms with van der Waals surface area (Å²) in [4.78, 5) is 1.11. The summed E-state index contributed by atoms with van der Waals surface area (Å²) in [5.41, 5.74) is 0.662. The highest BCUT2D eigenvalue weighted by atomic mass is 79.9. The Morgan fingerprint density at radius 2 is 2.20 bits per heavy atom. The Bertz CT molecular complexity index is 398. The van der Waals surface area contributed by atoms with Crippen LogP contribution in [0, 0.1) is 11.3 Å². The molecule has 80 valence electrons. The van der Waals surface area contributed by atoms with Gasteiger partial charge in [0.15, 0.2) is 0 Å². The Morgan fingerprint density at radius 3 is 2.67 bits per heavy atom. The molecule has 0 atom stereocenters. The highest BCUT2D eigenvalue weighted by Gasteiger charge is 2.19. The number of alkyl halides is 1. The molecule has 0 aliphatic rings. The van der Waals surface area contributed by atoms with Gasteiger partial charge in [0.25, 0.3) is 0 Å². The van der Waals surface area contributed by atoms with E-state index < -0.39 is 0 Å². The molecule has 1 nitrogen and oxygen atoms in total. The van der Waals surface area contributed by atoms with E-state index in [9.17, 15) is 0 Å². The minimum atomic E-state index is -0.00175. The SMILES string of the molecule is CC(C)(CCl)Sc1ccc(C#N)cc1Br. The highest BCUT2D eigenvalue weighted by molar-refractivity contribution is 9.10. The van der Waals surface area contributed by atoms with Crippen molar-refractivity contribution in [3.05, 3.63) is 28.2 Å². The van der Waals surface area contributed by atoms with Crippen molar-refractivity contribution in [3.8, 4) is 6.07 Å². The van der Waals surface area contributed by atoms with Crippen molar-refractivity contribution in [2.45, 2.75) is 23.5 Å². The minimum Gasteiger partial charge on any atom is -0.192 e. The van der Waals surface area contributed by atoms with Crippen LogP contribution in [0.25, 0.3) is 0 Å². The van der Waals surface area contributed by atoms with Crippen LogP contribution in [0.4, 0.5) is 0 Å². The Kier molecular flexibility index (Phi) is 4.51. The van der Waals surface area contributed by atoms with E-state index in [0.29, 0.717) is 11.4 Å². The third-order valence-electron chi connectivity index (χ3n) is 1.77. The second-order valence-corrected chi connectivity index (χ2v) is 6.62. The Balaban J connectivity index is 2.93. The lowest BCUT2D eigenvalue weighted by atomic mass is 10.2. The van der Waals surface area contributed by atoms with E-state index in [0.717, 1.165) is 9.37 Å². The first-order valence-corrected chi connectivity index (χ1v) is 6.57. The van der Waals surface area contributed by atoms with Crippen LogP contribution < -0.4 is 0 Å². The normalized spacial score (nSPS) is 11.1. The number of hydrogen-bond acceptors (Lipinski definition) is 2. The third-order valence-corrected chi connectivity index (χ3v) is 4.79. The average molecular weight is 305 g/mol.